The molecule has 2 aromatic rings. The molecule has 0 N–H and O–H groups in total. The highest BCUT2D eigenvalue weighted by molar-refractivity contribution is 6.03. The van der Waals surface area contributed by atoms with Crippen LogP contribution in [0.1, 0.15) is 11.1 Å². The normalized spacial score (nSPS) is 11.0. The average molecular weight is 234 g/mol. The van der Waals surface area contributed by atoms with Crippen molar-refractivity contribution in [2.75, 3.05) is 0 Å². The Balaban J connectivity index is 2.32. The first-order chi connectivity index (χ1) is 8.81. The Bertz CT molecular complexity index is 569. The fourth-order valence-electron chi connectivity index (χ4n) is 1.60. The molecule has 2 heteroatoms. The predicted octanol–water partition coefficient (Wildman–Crippen LogP) is 3.80. The third kappa shape index (κ3) is 2.80. The first kappa shape index (κ1) is 12.0. The zero-order valence-electron chi connectivity index (χ0n) is 10.1. The van der Waals surface area contributed by atoms with Crippen LogP contribution >= 0.6 is 0 Å². The number of rotatable bonds is 3. The maximum absolute atomic E-state index is 4.43. The van der Waals surface area contributed by atoms with Crippen LogP contribution in [0.3, 0.4) is 0 Å². The van der Waals surface area contributed by atoms with Gasteiger partial charge >= 0.3 is 0 Å². The van der Waals surface area contributed by atoms with Crippen molar-refractivity contribution >= 4 is 18.3 Å². The van der Waals surface area contributed by atoms with Gasteiger partial charge in [-0.1, -0.05) is 67.2 Å². The molecule has 0 fully saturated rings. The first-order valence-electron chi connectivity index (χ1n) is 5.66. The van der Waals surface area contributed by atoms with Gasteiger partial charge in [-0.3, -0.25) is 0 Å². The predicted molar refractivity (Wildman–Crippen MR) is 78.0 cm³/mol. The molecular weight excluding hydrogens is 220 g/mol. The van der Waals surface area contributed by atoms with Crippen LogP contribution in [0.15, 0.2) is 77.2 Å². The Hall–Kier alpha value is -2.48. The second-order valence-electron chi connectivity index (χ2n) is 3.77. The fraction of sp³-hybridized carbons (Fsp3) is 0. The van der Waals surface area contributed by atoms with Crippen LogP contribution in [0.25, 0.3) is 5.70 Å². The molecule has 0 unspecified atom stereocenters. The molecule has 2 rings (SSSR count). The summed E-state index contributed by atoms with van der Waals surface area (Å²) in [7, 11) is 0. The lowest BCUT2D eigenvalue weighted by molar-refractivity contribution is 1.46. The fourth-order valence-corrected chi connectivity index (χ4v) is 1.60. The molecule has 0 spiro atoms. The second-order valence-corrected chi connectivity index (χ2v) is 3.77. The van der Waals surface area contributed by atoms with Gasteiger partial charge in [-0.2, -0.15) is 0 Å². The van der Waals surface area contributed by atoms with Crippen LogP contribution < -0.4 is 0 Å². The minimum absolute atomic E-state index is 0.587. The van der Waals surface area contributed by atoms with E-state index >= 15 is 0 Å². The summed E-state index contributed by atoms with van der Waals surface area (Å²) in [6, 6.07) is 19.6. The van der Waals surface area contributed by atoms with E-state index in [4.69, 9.17) is 0 Å². The Morgan fingerprint density at radius 1 is 0.778 bits per heavy atom. The lowest BCUT2D eigenvalue weighted by atomic mass is 10.1. The highest BCUT2D eigenvalue weighted by atomic mass is 14.9. The van der Waals surface area contributed by atoms with E-state index in [1.807, 2.05) is 60.7 Å². The van der Waals surface area contributed by atoms with Gasteiger partial charge in [0.2, 0.25) is 0 Å². The number of nitrogens with zero attached hydrogens (tertiary/aromatic N) is 2. The quantitative estimate of drug-likeness (QED) is 0.570. The number of aliphatic imine (C=N–C) groups is 2. The molecule has 2 aromatic carbocycles. The summed E-state index contributed by atoms with van der Waals surface area (Å²) in [6.07, 6.45) is 0. The Kier molecular flexibility index (Phi) is 3.82. The Morgan fingerprint density at radius 2 is 1.28 bits per heavy atom. The summed E-state index contributed by atoms with van der Waals surface area (Å²) in [5, 5.41) is 0. The van der Waals surface area contributed by atoms with Gasteiger partial charge in [0, 0.05) is 5.56 Å². The van der Waals surface area contributed by atoms with Crippen molar-refractivity contribution in [1.82, 2.24) is 0 Å². The molecule has 0 atom stereocenters. The van der Waals surface area contributed by atoms with Gasteiger partial charge in [0.25, 0.3) is 0 Å². The van der Waals surface area contributed by atoms with Gasteiger partial charge in [0.05, 0.1) is 5.70 Å². The zero-order valence-corrected chi connectivity index (χ0v) is 10.1. The van der Waals surface area contributed by atoms with Crippen molar-refractivity contribution in [2.24, 2.45) is 9.98 Å². The van der Waals surface area contributed by atoms with Crippen molar-refractivity contribution in [2.45, 2.75) is 0 Å². The molecule has 0 aliphatic heterocycles. The van der Waals surface area contributed by atoms with E-state index in [1.54, 1.807) is 0 Å². The highest BCUT2D eigenvalue weighted by Gasteiger charge is 2.02. The second kappa shape index (κ2) is 5.73. The zero-order chi connectivity index (χ0) is 12.8. The molecule has 2 nitrogen and oxygen atoms in total. The topological polar surface area (TPSA) is 24.7 Å². The van der Waals surface area contributed by atoms with Gasteiger partial charge in [0.15, 0.2) is 5.84 Å². The summed E-state index contributed by atoms with van der Waals surface area (Å²) in [5.41, 5.74) is 2.60. The van der Waals surface area contributed by atoms with E-state index < -0.39 is 0 Å². The molecule has 0 saturated carbocycles. The van der Waals surface area contributed by atoms with Crippen LogP contribution in [0.2, 0.25) is 0 Å². The van der Waals surface area contributed by atoms with Gasteiger partial charge in [-0.05, 0) is 12.3 Å². The molecule has 0 aromatic heterocycles. The van der Waals surface area contributed by atoms with Crippen LogP contribution in [0.4, 0.5) is 0 Å². The van der Waals surface area contributed by atoms with Crippen molar-refractivity contribution in [3.05, 3.63) is 78.4 Å². The number of hydrogen-bond donors (Lipinski definition) is 0. The van der Waals surface area contributed by atoms with Crippen LogP contribution in [0.5, 0.6) is 0 Å². The lowest BCUT2D eigenvalue weighted by Gasteiger charge is -2.03. The van der Waals surface area contributed by atoms with E-state index in [0.717, 1.165) is 11.1 Å². The molecule has 0 radical (unpaired) electrons. The standard InChI is InChI=1S/C16H14N2/c1-13(14-9-5-3-6-10-14)18-16(17-2)15-11-7-4-8-12-15/h3-12H,1-2H2/b18-16-. The van der Waals surface area contributed by atoms with Crippen LogP contribution in [0, 0.1) is 0 Å². The number of hydrogen-bond acceptors (Lipinski definition) is 1. The molecule has 0 amide bonds. The van der Waals surface area contributed by atoms with Crippen LogP contribution in [-0.2, 0) is 0 Å². The Morgan fingerprint density at radius 3 is 1.78 bits per heavy atom. The molecule has 18 heavy (non-hydrogen) atoms. The lowest BCUT2D eigenvalue weighted by Crippen LogP contribution is -1.96. The first-order valence-corrected chi connectivity index (χ1v) is 5.66. The monoisotopic (exact) mass is 234 g/mol. The maximum Gasteiger partial charge on any atom is 0.159 e. The Labute approximate surface area is 107 Å². The van der Waals surface area contributed by atoms with Crippen LogP contribution in [-0.4, -0.2) is 12.6 Å². The molecule has 0 heterocycles. The van der Waals surface area contributed by atoms with Gasteiger partial charge in [0.1, 0.15) is 0 Å². The van der Waals surface area contributed by atoms with E-state index in [-0.39, 0.29) is 0 Å². The third-order valence-corrected chi connectivity index (χ3v) is 2.53. The van der Waals surface area contributed by atoms with E-state index in [0.29, 0.717) is 11.5 Å². The molecule has 0 saturated heterocycles. The number of amidine groups is 1. The van der Waals surface area contributed by atoms with Gasteiger partial charge < -0.3 is 0 Å². The molecule has 0 bridgehead atoms. The minimum Gasteiger partial charge on any atom is -0.245 e. The molecular formula is C16H14N2. The largest absolute Gasteiger partial charge is 0.245 e. The van der Waals surface area contributed by atoms with Gasteiger partial charge in [-0.25, -0.2) is 9.98 Å². The van der Waals surface area contributed by atoms with E-state index in [2.05, 4.69) is 23.3 Å². The maximum atomic E-state index is 4.43. The highest BCUT2D eigenvalue weighted by Crippen LogP contribution is 2.15. The summed E-state index contributed by atoms with van der Waals surface area (Å²) < 4.78 is 0. The van der Waals surface area contributed by atoms with Crippen molar-refractivity contribution in [3.8, 4) is 0 Å². The average Bonchev–Trinajstić information content (AvgIpc) is 2.46. The SMILES string of the molecule is C=N/C(=N\C(=C)c1ccccc1)c1ccccc1. The minimum atomic E-state index is 0.587. The third-order valence-electron chi connectivity index (χ3n) is 2.53. The van der Waals surface area contributed by atoms with E-state index in [9.17, 15) is 0 Å². The molecule has 0 aliphatic rings. The summed E-state index contributed by atoms with van der Waals surface area (Å²) in [4.78, 5) is 8.39. The van der Waals surface area contributed by atoms with Crippen molar-refractivity contribution in [3.63, 3.8) is 0 Å². The van der Waals surface area contributed by atoms with E-state index in [1.165, 1.54) is 0 Å². The summed E-state index contributed by atoms with van der Waals surface area (Å²) >= 11 is 0. The summed E-state index contributed by atoms with van der Waals surface area (Å²) in [6.45, 7) is 7.53. The van der Waals surface area contributed by atoms with Gasteiger partial charge in [-0.15, -0.1) is 0 Å². The van der Waals surface area contributed by atoms with Crippen molar-refractivity contribution in [1.29, 1.82) is 0 Å². The summed E-state index contributed by atoms with van der Waals surface area (Å²) in [5.74, 6) is 0.587. The smallest absolute Gasteiger partial charge is 0.159 e. The molecule has 88 valence electrons. The molecule has 0 aliphatic carbocycles. The number of benzene rings is 2. The van der Waals surface area contributed by atoms with Crippen molar-refractivity contribution < 1.29 is 0 Å².